The van der Waals surface area contributed by atoms with E-state index < -0.39 is 0 Å². The highest BCUT2D eigenvalue weighted by Crippen LogP contribution is 2.18. The maximum atomic E-state index is 10.2. The lowest BCUT2D eigenvalue weighted by atomic mass is 10.1. The Morgan fingerprint density at radius 3 is 2.65 bits per heavy atom. The molecule has 26 heavy (non-hydrogen) atoms. The van der Waals surface area contributed by atoms with E-state index >= 15 is 0 Å². The summed E-state index contributed by atoms with van der Waals surface area (Å²) in [6.07, 6.45) is 0. The Labute approximate surface area is 151 Å². The standard InChI is InChI=1S/C20H18N4O2/c1-13-7-9-15(10-8-13)14(2)24-26-12-19(25)16(11-21)20-22-17-5-3-4-6-18(17)23-20/h3-10,25H,12H2,1-2H3,(H,22,23)/b19-16-,24-14-. The summed E-state index contributed by atoms with van der Waals surface area (Å²) in [5, 5.41) is 23.6. The number of allylic oxidation sites excluding steroid dienone is 1. The Balaban J connectivity index is 1.75. The highest BCUT2D eigenvalue weighted by Gasteiger charge is 2.13. The van der Waals surface area contributed by atoms with Crippen LogP contribution < -0.4 is 0 Å². The van der Waals surface area contributed by atoms with Gasteiger partial charge in [0.2, 0.25) is 0 Å². The van der Waals surface area contributed by atoms with Crippen molar-refractivity contribution in [2.45, 2.75) is 13.8 Å². The summed E-state index contributed by atoms with van der Waals surface area (Å²) in [6.45, 7) is 3.61. The molecule has 0 bridgehead atoms. The number of para-hydroxylation sites is 2. The number of hydrogen-bond donors (Lipinski definition) is 2. The molecule has 0 amide bonds. The fraction of sp³-hybridized carbons (Fsp3) is 0.150. The Kier molecular flexibility index (Phi) is 4.99. The number of benzene rings is 2. The van der Waals surface area contributed by atoms with Gasteiger partial charge in [0.1, 0.15) is 11.6 Å². The van der Waals surface area contributed by atoms with Gasteiger partial charge in [0.15, 0.2) is 18.2 Å². The second-order valence-corrected chi connectivity index (χ2v) is 5.85. The summed E-state index contributed by atoms with van der Waals surface area (Å²) >= 11 is 0. The van der Waals surface area contributed by atoms with Crippen LogP contribution in [-0.4, -0.2) is 27.4 Å². The van der Waals surface area contributed by atoms with E-state index in [0.717, 1.165) is 22.2 Å². The van der Waals surface area contributed by atoms with Crippen LogP contribution in [0.5, 0.6) is 0 Å². The number of imidazole rings is 1. The predicted octanol–water partition coefficient (Wildman–Crippen LogP) is 4.10. The van der Waals surface area contributed by atoms with E-state index in [1.54, 1.807) is 0 Å². The number of nitriles is 1. The number of fused-ring (bicyclic) bond motifs is 1. The van der Waals surface area contributed by atoms with Crippen molar-refractivity contribution in [3.63, 3.8) is 0 Å². The Morgan fingerprint density at radius 2 is 1.96 bits per heavy atom. The molecule has 0 aliphatic rings. The largest absolute Gasteiger partial charge is 0.507 e. The van der Waals surface area contributed by atoms with Gasteiger partial charge >= 0.3 is 0 Å². The molecule has 0 spiro atoms. The van der Waals surface area contributed by atoms with Crippen molar-refractivity contribution in [3.05, 3.63) is 71.2 Å². The highest BCUT2D eigenvalue weighted by atomic mass is 16.6. The van der Waals surface area contributed by atoms with Gasteiger partial charge < -0.3 is 14.9 Å². The first-order valence-corrected chi connectivity index (χ1v) is 8.09. The van der Waals surface area contributed by atoms with Crippen LogP contribution in [0.15, 0.2) is 59.4 Å². The number of aromatic amines is 1. The molecular formula is C20H18N4O2. The Hall–Kier alpha value is -3.59. The average Bonchev–Trinajstić information content (AvgIpc) is 3.06. The molecular weight excluding hydrogens is 328 g/mol. The lowest BCUT2D eigenvalue weighted by Crippen LogP contribution is -2.01. The van der Waals surface area contributed by atoms with Gasteiger partial charge in [-0.2, -0.15) is 5.26 Å². The second-order valence-electron chi connectivity index (χ2n) is 5.85. The van der Waals surface area contributed by atoms with E-state index in [9.17, 15) is 10.4 Å². The molecule has 0 aliphatic heterocycles. The van der Waals surface area contributed by atoms with Gasteiger partial charge in [0.25, 0.3) is 0 Å². The van der Waals surface area contributed by atoms with Crippen molar-refractivity contribution >= 4 is 22.3 Å². The molecule has 6 heteroatoms. The zero-order valence-electron chi connectivity index (χ0n) is 14.5. The van der Waals surface area contributed by atoms with E-state index in [2.05, 4.69) is 15.1 Å². The lowest BCUT2D eigenvalue weighted by molar-refractivity contribution is 0.137. The van der Waals surface area contributed by atoms with Crippen molar-refractivity contribution in [1.82, 2.24) is 9.97 Å². The van der Waals surface area contributed by atoms with Gasteiger partial charge in [-0.25, -0.2) is 4.98 Å². The molecule has 0 fully saturated rings. The molecule has 0 aliphatic carbocycles. The molecule has 0 radical (unpaired) electrons. The minimum absolute atomic E-state index is 0.0318. The molecule has 3 aromatic rings. The van der Waals surface area contributed by atoms with Gasteiger partial charge in [-0.3, -0.25) is 0 Å². The van der Waals surface area contributed by atoms with E-state index in [1.807, 2.05) is 68.4 Å². The number of nitrogens with zero attached hydrogens (tertiary/aromatic N) is 3. The fourth-order valence-corrected chi connectivity index (χ4v) is 2.44. The highest BCUT2D eigenvalue weighted by molar-refractivity contribution is 5.98. The van der Waals surface area contributed by atoms with E-state index in [1.165, 1.54) is 0 Å². The molecule has 6 nitrogen and oxygen atoms in total. The molecule has 0 atom stereocenters. The first kappa shape index (κ1) is 17.2. The molecule has 0 saturated heterocycles. The quantitative estimate of drug-likeness (QED) is 0.315. The summed E-state index contributed by atoms with van der Waals surface area (Å²) in [5.74, 6) is 0.0704. The van der Waals surface area contributed by atoms with E-state index in [4.69, 9.17) is 4.84 Å². The average molecular weight is 346 g/mol. The number of nitrogens with one attached hydrogen (secondary N) is 1. The van der Waals surface area contributed by atoms with E-state index in [0.29, 0.717) is 11.5 Å². The van der Waals surface area contributed by atoms with Crippen molar-refractivity contribution < 1.29 is 9.94 Å². The van der Waals surface area contributed by atoms with Gasteiger partial charge in [-0.05, 0) is 31.5 Å². The van der Waals surface area contributed by atoms with Gasteiger partial charge in [0.05, 0.1) is 16.7 Å². The second kappa shape index (κ2) is 7.53. The van der Waals surface area contributed by atoms with Crippen molar-refractivity contribution in [2.75, 3.05) is 6.61 Å². The monoisotopic (exact) mass is 346 g/mol. The molecule has 1 aromatic heterocycles. The number of oxime groups is 1. The number of aliphatic hydroxyl groups excluding tert-OH is 1. The summed E-state index contributed by atoms with van der Waals surface area (Å²) in [4.78, 5) is 12.5. The maximum absolute atomic E-state index is 10.2. The van der Waals surface area contributed by atoms with Crippen molar-refractivity contribution in [3.8, 4) is 6.07 Å². The minimum atomic E-state index is -0.230. The first-order valence-electron chi connectivity index (χ1n) is 8.09. The molecule has 0 saturated carbocycles. The molecule has 2 N–H and O–H groups in total. The molecule has 1 heterocycles. The summed E-state index contributed by atoms with van der Waals surface area (Å²) in [5.41, 5.74) is 4.31. The van der Waals surface area contributed by atoms with Gasteiger partial charge in [-0.1, -0.05) is 47.1 Å². The number of aromatic nitrogens is 2. The van der Waals surface area contributed by atoms with Crippen LogP contribution in [0.4, 0.5) is 0 Å². The predicted molar refractivity (Wildman–Crippen MR) is 101 cm³/mol. The van der Waals surface area contributed by atoms with E-state index in [-0.39, 0.29) is 17.9 Å². The molecule has 0 unspecified atom stereocenters. The molecule has 3 rings (SSSR count). The van der Waals surface area contributed by atoms with Crippen LogP contribution >= 0.6 is 0 Å². The van der Waals surface area contributed by atoms with Crippen LogP contribution in [0.1, 0.15) is 23.9 Å². The number of aryl methyl sites for hydroxylation is 1. The summed E-state index contributed by atoms with van der Waals surface area (Å²) < 4.78 is 0. The Bertz CT molecular complexity index is 991. The zero-order valence-corrected chi connectivity index (χ0v) is 14.5. The fourth-order valence-electron chi connectivity index (χ4n) is 2.44. The molecule has 2 aromatic carbocycles. The smallest absolute Gasteiger partial charge is 0.175 e. The van der Waals surface area contributed by atoms with Gasteiger partial charge in [0, 0.05) is 0 Å². The summed E-state index contributed by atoms with van der Waals surface area (Å²) in [7, 11) is 0. The van der Waals surface area contributed by atoms with Crippen LogP contribution in [0, 0.1) is 18.3 Å². The normalized spacial score (nSPS) is 12.6. The lowest BCUT2D eigenvalue weighted by Gasteiger charge is -2.04. The van der Waals surface area contributed by atoms with Crippen molar-refractivity contribution in [1.29, 1.82) is 5.26 Å². The third kappa shape index (κ3) is 3.73. The van der Waals surface area contributed by atoms with Crippen LogP contribution in [-0.2, 0) is 4.84 Å². The zero-order chi connectivity index (χ0) is 18.5. The minimum Gasteiger partial charge on any atom is -0.507 e. The molecule has 130 valence electrons. The SMILES string of the molecule is C/C(=N/OC/C(O)=C(\C#N)c1nc2ccccc2[nH]1)c1ccc(C)cc1. The van der Waals surface area contributed by atoms with Crippen LogP contribution in [0.3, 0.4) is 0 Å². The number of rotatable bonds is 5. The van der Waals surface area contributed by atoms with Crippen LogP contribution in [0.2, 0.25) is 0 Å². The Morgan fingerprint density at radius 1 is 1.23 bits per heavy atom. The summed E-state index contributed by atoms with van der Waals surface area (Å²) in [6, 6.07) is 17.2. The number of hydrogen-bond acceptors (Lipinski definition) is 5. The number of H-pyrrole nitrogens is 1. The van der Waals surface area contributed by atoms with Gasteiger partial charge in [-0.15, -0.1) is 0 Å². The topological polar surface area (TPSA) is 94.3 Å². The number of aliphatic hydroxyl groups is 1. The van der Waals surface area contributed by atoms with Crippen molar-refractivity contribution in [2.24, 2.45) is 5.16 Å². The first-order chi connectivity index (χ1) is 12.6. The third-order valence-corrected chi connectivity index (χ3v) is 3.90. The third-order valence-electron chi connectivity index (χ3n) is 3.90. The maximum Gasteiger partial charge on any atom is 0.175 e. The van der Waals surface area contributed by atoms with Crippen LogP contribution in [0.25, 0.3) is 16.6 Å².